The number of guanidine groups is 1. The van der Waals surface area contributed by atoms with Crippen LogP contribution in [-0.4, -0.2) is 78.3 Å². The molecule has 2 aromatic carbocycles. The molecular weight excluding hydrogens is 516 g/mol. The summed E-state index contributed by atoms with van der Waals surface area (Å²) in [6.45, 7) is 3.28. The fourth-order valence-electron chi connectivity index (χ4n) is 5.99. The number of carbonyl (C=O) groups is 2. The first-order valence-electron chi connectivity index (χ1n) is 13.5. The van der Waals surface area contributed by atoms with Crippen LogP contribution in [0.25, 0.3) is 0 Å². The van der Waals surface area contributed by atoms with Crippen LogP contribution in [0.5, 0.6) is 0 Å². The van der Waals surface area contributed by atoms with Gasteiger partial charge in [-0.05, 0) is 43.4 Å². The second kappa shape index (κ2) is 11.8. The Kier molecular flexibility index (Phi) is 8.73. The fraction of sp³-hybridized carbons (Fsp3) is 0.464. The lowest BCUT2D eigenvalue weighted by molar-refractivity contribution is -0.784. The summed E-state index contributed by atoms with van der Waals surface area (Å²) < 4.78 is 29.3. The Morgan fingerprint density at radius 2 is 1.62 bits per heavy atom. The zero-order chi connectivity index (χ0) is 28.2. The van der Waals surface area contributed by atoms with Gasteiger partial charge in [-0.25, -0.2) is 18.0 Å². The Balaban J connectivity index is 1.80. The number of primary amides is 1. The number of quaternary nitrogens is 1. The van der Waals surface area contributed by atoms with Gasteiger partial charge >= 0.3 is 11.9 Å². The Morgan fingerprint density at radius 1 is 1.03 bits per heavy atom. The minimum Gasteiger partial charge on any atom is -0.370 e. The van der Waals surface area contributed by atoms with Crippen molar-refractivity contribution < 1.29 is 22.5 Å². The molecule has 2 aliphatic rings. The topological polar surface area (TPSA) is 151 Å². The van der Waals surface area contributed by atoms with Crippen molar-refractivity contribution in [2.24, 2.45) is 17.4 Å². The predicted molar refractivity (Wildman–Crippen MR) is 149 cm³/mol. The van der Waals surface area contributed by atoms with Crippen LogP contribution in [0.2, 0.25) is 0 Å². The number of nitrogens with one attached hydrogen (secondary N) is 1. The van der Waals surface area contributed by atoms with Crippen LogP contribution in [0.1, 0.15) is 38.2 Å². The molecule has 0 aliphatic carbocycles. The Labute approximate surface area is 230 Å². The molecule has 2 saturated heterocycles. The van der Waals surface area contributed by atoms with Crippen molar-refractivity contribution in [1.29, 1.82) is 5.41 Å². The van der Waals surface area contributed by atoms with E-state index in [0.29, 0.717) is 38.8 Å². The number of nitrogens with two attached hydrogens (primary N) is 2. The molecule has 2 fully saturated rings. The molecule has 0 saturated carbocycles. The molecule has 0 radical (unpaired) electrons. The molecule has 10 nitrogen and oxygen atoms in total. The highest BCUT2D eigenvalue weighted by Crippen LogP contribution is 2.33. The summed E-state index contributed by atoms with van der Waals surface area (Å²) in [5.74, 6) is -0.532. The summed E-state index contributed by atoms with van der Waals surface area (Å²) in [4.78, 5) is 29.3. The number of hydrogen-bond donors (Lipinski definition) is 3. The molecule has 2 heterocycles. The molecule has 2 aromatic rings. The van der Waals surface area contributed by atoms with Gasteiger partial charge in [0.25, 0.3) is 0 Å². The number of amides is 3. The molecule has 2 aliphatic heterocycles. The SMILES string of the molecule is C[C@@H]1CCC[N+]1(C(N)=O)C(=O)[C@@H](Cc1ccccc1)N(CC1CCN(C(=N)N)CC1)S(=O)(=O)c1ccccc1. The third-order valence-electron chi connectivity index (χ3n) is 8.32. The molecule has 1 unspecified atom stereocenters. The number of imide groups is 1. The van der Waals surface area contributed by atoms with Gasteiger partial charge in [-0.2, -0.15) is 8.79 Å². The maximum Gasteiger partial charge on any atom is 0.421 e. The molecule has 3 atom stereocenters. The van der Waals surface area contributed by atoms with Crippen molar-refractivity contribution >= 4 is 27.9 Å². The largest absolute Gasteiger partial charge is 0.421 e. The highest BCUT2D eigenvalue weighted by molar-refractivity contribution is 7.89. The van der Waals surface area contributed by atoms with E-state index in [1.54, 1.807) is 23.1 Å². The van der Waals surface area contributed by atoms with Gasteiger partial charge in [-0.3, -0.25) is 5.41 Å². The molecule has 0 spiro atoms. The number of hydrogen-bond acceptors (Lipinski definition) is 5. The van der Waals surface area contributed by atoms with Gasteiger partial charge < -0.3 is 16.4 Å². The smallest absolute Gasteiger partial charge is 0.370 e. The average Bonchev–Trinajstić information content (AvgIpc) is 3.33. The zero-order valence-corrected chi connectivity index (χ0v) is 23.2. The van der Waals surface area contributed by atoms with E-state index in [0.717, 1.165) is 5.56 Å². The second-order valence-corrected chi connectivity index (χ2v) is 12.6. The molecule has 11 heteroatoms. The van der Waals surface area contributed by atoms with Gasteiger partial charge in [-0.15, -0.1) is 0 Å². The Morgan fingerprint density at radius 3 is 2.13 bits per heavy atom. The van der Waals surface area contributed by atoms with Crippen LogP contribution in [0.4, 0.5) is 4.79 Å². The normalized spacial score (nSPS) is 23.0. The molecule has 4 rings (SSSR count). The minimum atomic E-state index is -4.12. The van der Waals surface area contributed by atoms with Gasteiger partial charge in [0.15, 0.2) is 5.96 Å². The summed E-state index contributed by atoms with van der Waals surface area (Å²) in [5, 5.41) is 7.74. The Bertz CT molecular complexity index is 1280. The van der Waals surface area contributed by atoms with E-state index >= 15 is 0 Å². The highest BCUT2D eigenvalue weighted by Gasteiger charge is 2.56. The molecule has 3 amide bonds. The summed E-state index contributed by atoms with van der Waals surface area (Å²) in [6.07, 6.45) is 2.68. The highest BCUT2D eigenvalue weighted by atomic mass is 32.2. The van der Waals surface area contributed by atoms with E-state index in [1.165, 1.54) is 16.4 Å². The minimum absolute atomic E-state index is 0.00438. The summed E-state index contributed by atoms with van der Waals surface area (Å²) in [6, 6.07) is 15.2. The van der Waals surface area contributed by atoms with Crippen LogP contribution >= 0.6 is 0 Å². The molecule has 0 aromatic heterocycles. The first-order chi connectivity index (χ1) is 18.6. The van der Waals surface area contributed by atoms with Crippen molar-refractivity contribution in [3.8, 4) is 0 Å². The average molecular weight is 556 g/mol. The van der Waals surface area contributed by atoms with Gasteiger partial charge in [0.2, 0.25) is 10.0 Å². The number of urea groups is 1. The van der Waals surface area contributed by atoms with E-state index in [4.69, 9.17) is 16.9 Å². The summed E-state index contributed by atoms with van der Waals surface area (Å²) >= 11 is 0. The lowest BCUT2D eigenvalue weighted by Crippen LogP contribution is -2.67. The van der Waals surface area contributed by atoms with Crippen molar-refractivity contribution in [2.75, 3.05) is 26.2 Å². The van der Waals surface area contributed by atoms with E-state index < -0.39 is 32.5 Å². The predicted octanol–water partition coefficient (Wildman–Crippen LogP) is 2.50. The van der Waals surface area contributed by atoms with E-state index in [9.17, 15) is 18.0 Å². The first-order valence-corrected chi connectivity index (χ1v) is 14.9. The maximum absolute atomic E-state index is 14.5. The number of rotatable bonds is 8. The van der Waals surface area contributed by atoms with Crippen LogP contribution in [0.15, 0.2) is 65.6 Å². The van der Waals surface area contributed by atoms with Crippen molar-refractivity contribution in [2.45, 2.75) is 56.0 Å². The van der Waals surface area contributed by atoms with Crippen molar-refractivity contribution in [3.05, 3.63) is 66.2 Å². The number of sulfonamides is 1. The number of likely N-dealkylation sites (tertiary alicyclic amines) is 2. The van der Waals surface area contributed by atoms with Gasteiger partial charge in [0.05, 0.1) is 11.4 Å². The molecule has 39 heavy (non-hydrogen) atoms. The molecule has 0 bridgehead atoms. The number of carbonyl (C=O) groups excluding carboxylic acids is 2. The second-order valence-electron chi connectivity index (χ2n) is 10.7. The van der Waals surface area contributed by atoms with Crippen LogP contribution in [0, 0.1) is 11.3 Å². The lowest BCUT2D eigenvalue weighted by Gasteiger charge is -2.40. The van der Waals surface area contributed by atoms with Crippen molar-refractivity contribution in [3.63, 3.8) is 0 Å². The van der Waals surface area contributed by atoms with E-state index in [1.807, 2.05) is 37.3 Å². The third kappa shape index (κ3) is 5.85. The van der Waals surface area contributed by atoms with Gasteiger partial charge in [0.1, 0.15) is 12.1 Å². The molecule has 210 valence electrons. The monoisotopic (exact) mass is 555 g/mol. The quantitative estimate of drug-likeness (QED) is 0.259. The lowest BCUT2D eigenvalue weighted by atomic mass is 9.95. The van der Waals surface area contributed by atoms with Crippen molar-refractivity contribution in [1.82, 2.24) is 9.21 Å². The number of nitrogens with zero attached hydrogens (tertiary/aromatic N) is 3. The van der Waals surface area contributed by atoms with Gasteiger partial charge in [-0.1, -0.05) is 48.5 Å². The van der Waals surface area contributed by atoms with E-state index in [2.05, 4.69) is 0 Å². The van der Waals surface area contributed by atoms with E-state index in [-0.39, 0.29) is 42.3 Å². The van der Waals surface area contributed by atoms with Crippen LogP contribution in [-0.2, 0) is 21.2 Å². The fourth-order valence-corrected chi connectivity index (χ4v) is 7.67. The van der Waals surface area contributed by atoms with Gasteiger partial charge in [0, 0.05) is 38.9 Å². The maximum atomic E-state index is 14.5. The zero-order valence-electron chi connectivity index (χ0n) is 22.4. The summed E-state index contributed by atoms with van der Waals surface area (Å²) in [5.41, 5.74) is 12.4. The standard InChI is InChI=1S/C28H38N6O4S/c1-21-9-8-18-34(21,28(31)36)26(35)25(19-22-10-4-2-5-11-22)33(39(37,38)24-12-6-3-7-13-24)20-23-14-16-32(17-15-23)27(29)30/h2-7,10-13,21,23,25H,8-9,14-20H2,1H3,(H4-,29,30,31,36)/p+1/t21-,25-,34?/m1/s1. The first kappa shape index (κ1) is 28.7. The number of benzene rings is 2. The number of piperidine rings is 1. The third-order valence-corrected chi connectivity index (χ3v) is 10.2. The molecular formula is C28H39N6O4S+. The molecule has 5 N–H and O–H groups in total. The summed E-state index contributed by atoms with van der Waals surface area (Å²) in [7, 11) is -4.12. The van der Waals surface area contributed by atoms with Crippen LogP contribution in [0.3, 0.4) is 0 Å². The van der Waals surface area contributed by atoms with Crippen LogP contribution < -0.4 is 11.5 Å². The Hall–Kier alpha value is -3.28.